The van der Waals surface area contributed by atoms with Crippen molar-refractivity contribution in [3.63, 3.8) is 0 Å². The van der Waals surface area contributed by atoms with E-state index in [2.05, 4.69) is 6.58 Å². The molecule has 1 saturated heterocycles. The molecule has 0 saturated carbocycles. The molecule has 15 heavy (non-hydrogen) atoms. The number of carbonyl (C=O) groups excluding carboxylic acids is 1. The zero-order valence-corrected chi connectivity index (χ0v) is 10.0. The van der Waals surface area contributed by atoms with Gasteiger partial charge >= 0.3 is 6.09 Å². The van der Waals surface area contributed by atoms with Gasteiger partial charge in [0.25, 0.3) is 0 Å². The van der Waals surface area contributed by atoms with Gasteiger partial charge in [0.05, 0.1) is 0 Å². The van der Waals surface area contributed by atoms with Gasteiger partial charge in [-0.3, -0.25) is 4.90 Å². The quantitative estimate of drug-likeness (QED) is 0.615. The molecule has 1 aliphatic rings. The standard InChI is InChI=1S/C12H21NO2/c1-10-8-6-5-7-9-13(10)11(14)15-12(2,3)4/h1,5-9H2,2-4H3. The van der Waals surface area contributed by atoms with Gasteiger partial charge in [0, 0.05) is 12.2 Å². The molecule has 0 aromatic rings. The monoisotopic (exact) mass is 211 g/mol. The van der Waals surface area contributed by atoms with Crippen LogP contribution in [0.15, 0.2) is 12.3 Å². The summed E-state index contributed by atoms with van der Waals surface area (Å²) >= 11 is 0. The zero-order valence-electron chi connectivity index (χ0n) is 10.0. The van der Waals surface area contributed by atoms with Crippen LogP contribution in [0.25, 0.3) is 0 Å². The number of hydrogen-bond acceptors (Lipinski definition) is 2. The van der Waals surface area contributed by atoms with Crippen LogP contribution in [0.2, 0.25) is 0 Å². The normalized spacial score (nSPS) is 18.6. The van der Waals surface area contributed by atoms with Crippen molar-refractivity contribution < 1.29 is 9.53 Å². The molecular formula is C12H21NO2. The van der Waals surface area contributed by atoms with Gasteiger partial charge in [-0.25, -0.2) is 4.79 Å². The molecule has 0 aliphatic carbocycles. The molecule has 0 radical (unpaired) electrons. The summed E-state index contributed by atoms with van der Waals surface area (Å²) in [7, 11) is 0. The highest BCUT2D eigenvalue weighted by molar-refractivity contribution is 5.70. The van der Waals surface area contributed by atoms with Gasteiger partial charge in [-0.2, -0.15) is 0 Å². The molecule has 3 heteroatoms. The van der Waals surface area contributed by atoms with Crippen molar-refractivity contribution in [1.29, 1.82) is 0 Å². The molecule has 0 atom stereocenters. The number of nitrogens with zero attached hydrogens (tertiary/aromatic N) is 1. The van der Waals surface area contributed by atoms with Crippen LogP contribution in [0.4, 0.5) is 4.79 Å². The molecule has 0 aromatic carbocycles. The van der Waals surface area contributed by atoms with Crippen molar-refractivity contribution in [3.8, 4) is 0 Å². The molecule has 1 fully saturated rings. The van der Waals surface area contributed by atoms with E-state index >= 15 is 0 Å². The molecule has 0 unspecified atom stereocenters. The Morgan fingerprint density at radius 2 is 2.00 bits per heavy atom. The number of allylic oxidation sites excluding steroid dienone is 1. The third-order valence-electron chi connectivity index (χ3n) is 2.34. The van der Waals surface area contributed by atoms with Gasteiger partial charge in [-0.15, -0.1) is 0 Å². The van der Waals surface area contributed by atoms with Gasteiger partial charge in [0.2, 0.25) is 0 Å². The Hall–Kier alpha value is -0.990. The zero-order chi connectivity index (χ0) is 11.5. The first-order valence-corrected chi connectivity index (χ1v) is 5.58. The first kappa shape index (κ1) is 12.1. The highest BCUT2D eigenvalue weighted by Crippen LogP contribution is 2.21. The van der Waals surface area contributed by atoms with E-state index in [4.69, 9.17) is 4.74 Å². The third kappa shape index (κ3) is 3.94. The lowest BCUT2D eigenvalue weighted by molar-refractivity contribution is 0.0314. The number of rotatable bonds is 0. The molecule has 0 spiro atoms. The van der Waals surface area contributed by atoms with Gasteiger partial charge in [-0.05, 0) is 40.0 Å². The largest absolute Gasteiger partial charge is 0.443 e. The second kappa shape index (κ2) is 4.69. The summed E-state index contributed by atoms with van der Waals surface area (Å²) in [6, 6.07) is 0. The second-order valence-electron chi connectivity index (χ2n) is 5.01. The Morgan fingerprint density at radius 1 is 1.33 bits per heavy atom. The van der Waals surface area contributed by atoms with Crippen LogP contribution < -0.4 is 0 Å². The van der Waals surface area contributed by atoms with Crippen LogP contribution in [0.5, 0.6) is 0 Å². The number of carbonyl (C=O) groups is 1. The Bertz CT molecular complexity index is 253. The lowest BCUT2D eigenvalue weighted by Crippen LogP contribution is -2.36. The maximum Gasteiger partial charge on any atom is 0.414 e. The van der Waals surface area contributed by atoms with Crippen LogP contribution in [0.1, 0.15) is 46.5 Å². The predicted octanol–water partition coefficient (Wildman–Crippen LogP) is 3.31. The minimum absolute atomic E-state index is 0.255. The topological polar surface area (TPSA) is 29.5 Å². The number of ether oxygens (including phenoxy) is 1. The van der Waals surface area contributed by atoms with E-state index in [9.17, 15) is 4.79 Å². The average Bonchev–Trinajstić information content (AvgIpc) is 2.26. The SMILES string of the molecule is C=C1CCCCCN1C(=O)OC(C)(C)C. The Morgan fingerprint density at radius 3 is 2.60 bits per heavy atom. The molecule has 1 heterocycles. The molecular weight excluding hydrogens is 190 g/mol. The Kier molecular flexibility index (Phi) is 3.77. The van der Waals surface area contributed by atoms with Crippen LogP contribution in [-0.4, -0.2) is 23.1 Å². The first-order chi connectivity index (χ1) is 6.90. The molecule has 0 N–H and O–H groups in total. The van der Waals surface area contributed by atoms with E-state index in [1.165, 1.54) is 0 Å². The summed E-state index contributed by atoms with van der Waals surface area (Å²) < 4.78 is 5.33. The fourth-order valence-electron chi connectivity index (χ4n) is 1.61. The fraction of sp³-hybridized carbons (Fsp3) is 0.750. The highest BCUT2D eigenvalue weighted by atomic mass is 16.6. The average molecular weight is 211 g/mol. The van der Waals surface area contributed by atoms with Crippen molar-refractivity contribution >= 4 is 6.09 Å². The smallest absolute Gasteiger partial charge is 0.414 e. The summed E-state index contributed by atoms with van der Waals surface area (Å²) in [6.07, 6.45) is 3.97. The van der Waals surface area contributed by atoms with Crippen LogP contribution >= 0.6 is 0 Å². The fourth-order valence-corrected chi connectivity index (χ4v) is 1.61. The third-order valence-corrected chi connectivity index (χ3v) is 2.34. The molecule has 3 nitrogen and oxygen atoms in total. The van der Waals surface area contributed by atoms with Gasteiger partial charge < -0.3 is 4.74 Å². The van der Waals surface area contributed by atoms with E-state index in [0.29, 0.717) is 0 Å². The van der Waals surface area contributed by atoms with Gasteiger partial charge in [-0.1, -0.05) is 13.0 Å². The number of likely N-dealkylation sites (tertiary alicyclic amines) is 1. The molecule has 0 bridgehead atoms. The molecule has 1 amide bonds. The lowest BCUT2D eigenvalue weighted by Gasteiger charge is -2.27. The second-order valence-corrected chi connectivity index (χ2v) is 5.01. The maximum atomic E-state index is 11.8. The van der Waals surface area contributed by atoms with E-state index in [1.54, 1.807) is 4.90 Å². The van der Waals surface area contributed by atoms with Crippen molar-refractivity contribution in [2.75, 3.05) is 6.54 Å². The lowest BCUT2D eigenvalue weighted by atomic mass is 10.2. The highest BCUT2D eigenvalue weighted by Gasteiger charge is 2.24. The summed E-state index contributed by atoms with van der Waals surface area (Å²) in [6.45, 7) is 10.3. The predicted molar refractivity (Wildman–Crippen MR) is 60.5 cm³/mol. The van der Waals surface area contributed by atoms with E-state index < -0.39 is 5.60 Å². The van der Waals surface area contributed by atoms with Crippen LogP contribution in [0.3, 0.4) is 0 Å². The maximum absolute atomic E-state index is 11.8. The summed E-state index contributed by atoms with van der Waals surface area (Å²) in [4.78, 5) is 13.5. The summed E-state index contributed by atoms with van der Waals surface area (Å²) in [5.74, 6) is 0. The summed E-state index contributed by atoms with van der Waals surface area (Å²) in [5.41, 5.74) is 0.464. The molecule has 86 valence electrons. The number of amides is 1. The number of hydrogen-bond donors (Lipinski definition) is 0. The minimum atomic E-state index is -0.427. The Labute approximate surface area is 92.1 Å². The van der Waals surface area contributed by atoms with Gasteiger partial charge in [0.1, 0.15) is 5.60 Å². The van der Waals surface area contributed by atoms with Gasteiger partial charge in [0.15, 0.2) is 0 Å². The van der Waals surface area contributed by atoms with Crippen LogP contribution in [-0.2, 0) is 4.74 Å². The summed E-state index contributed by atoms with van der Waals surface area (Å²) in [5, 5.41) is 0. The van der Waals surface area contributed by atoms with E-state index in [0.717, 1.165) is 37.9 Å². The minimum Gasteiger partial charge on any atom is -0.443 e. The van der Waals surface area contributed by atoms with E-state index in [1.807, 2.05) is 20.8 Å². The first-order valence-electron chi connectivity index (χ1n) is 5.58. The molecule has 0 aromatic heterocycles. The van der Waals surface area contributed by atoms with Crippen molar-refractivity contribution in [3.05, 3.63) is 12.3 Å². The Balaban J connectivity index is 2.60. The molecule has 1 aliphatic heterocycles. The molecule has 1 rings (SSSR count). The van der Waals surface area contributed by atoms with Crippen molar-refractivity contribution in [2.24, 2.45) is 0 Å². The van der Waals surface area contributed by atoms with Crippen LogP contribution in [0, 0.1) is 0 Å². The van der Waals surface area contributed by atoms with Crippen molar-refractivity contribution in [2.45, 2.75) is 52.1 Å². The van der Waals surface area contributed by atoms with Crippen molar-refractivity contribution in [1.82, 2.24) is 4.90 Å². The van der Waals surface area contributed by atoms with E-state index in [-0.39, 0.29) is 6.09 Å².